The van der Waals surface area contributed by atoms with Crippen LogP contribution in [0.15, 0.2) is 40.8 Å². The second-order valence-electron chi connectivity index (χ2n) is 5.56. The Hall–Kier alpha value is -1.97. The summed E-state index contributed by atoms with van der Waals surface area (Å²) in [6, 6.07) is 3.36. The fraction of sp³-hybridized carbons (Fsp3) is 0.438. The topological polar surface area (TPSA) is 54.4 Å². The first kappa shape index (κ1) is 14.4. The number of allylic oxidation sites excluding steroid dienone is 2. The first-order chi connectivity index (χ1) is 9.58. The number of carbonyl (C=O) groups is 1. The van der Waals surface area contributed by atoms with Crippen molar-refractivity contribution in [1.29, 1.82) is 0 Å². The Kier molecular flexibility index (Phi) is 4.66. The maximum atomic E-state index is 12.0. The maximum absolute atomic E-state index is 12.0. The van der Waals surface area contributed by atoms with Gasteiger partial charge in [-0.1, -0.05) is 12.5 Å². The van der Waals surface area contributed by atoms with E-state index in [1.54, 1.807) is 24.5 Å². The van der Waals surface area contributed by atoms with E-state index in [9.17, 15) is 4.79 Å². The fourth-order valence-electron chi connectivity index (χ4n) is 2.43. The van der Waals surface area contributed by atoms with Crippen LogP contribution in [0, 0.1) is 5.92 Å². The average molecular weight is 271 g/mol. The lowest BCUT2D eigenvalue weighted by atomic mass is 9.83. The second kappa shape index (κ2) is 6.46. The molecule has 1 aromatic rings. The van der Waals surface area contributed by atoms with E-state index in [-0.39, 0.29) is 5.91 Å². The Balaban J connectivity index is 2.13. The summed E-state index contributed by atoms with van der Waals surface area (Å²) >= 11 is 0. The molecule has 4 heteroatoms. The van der Waals surface area contributed by atoms with Gasteiger partial charge < -0.3 is 0 Å². The summed E-state index contributed by atoms with van der Waals surface area (Å²) in [5, 5.41) is 4.35. The molecule has 106 valence electrons. The molecule has 0 saturated heterocycles. The van der Waals surface area contributed by atoms with E-state index >= 15 is 0 Å². The number of aromatic nitrogens is 1. The van der Waals surface area contributed by atoms with E-state index in [0.29, 0.717) is 11.5 Å². The predicted octanol–water partition coefficient (Wildman–Crippen LogP) is 3.32. The molecule has 0 aliphatic heterocycles. The second-order valence-corrected chi connectivity index (χ2v) is 5.56. The van der Waals surface area contributed by atoms with Crippen LogP contribution in [0.1, 0.15) is 50.4 Å². The van der Waals surface area contributed by atoms with Crippen LogP contribution in [0.3, 0.4) is 0 Å². The zero-order valence-corrected chi connectivity index (χ0v) is 12.3. The first-order valence-electron chi connectivity index (χ1n) is 7.01. The smallest absolute Gasteiger partial charge is 0.267 e. The highest BCUT2D eigenvalue weighted by Crippen LogP contribution is 2.27. The third-order valence-corrected chi connectivity index (χ3v) is 3.62. The normalized spacial score (nSPS) is 20.9. The molecule has 0 unspecified atom stereocenters. The molecule has 0 bridgehead atoms. The summed E-state index contributed by atoms with van der Waals surface area (Å²) in [6.07, 6.45) is 6.38. The van der Waals surface area contributed by atoms with Gasteiger partial charge in [-0.05, 0) is 56.7 Å². The molecule has 1 aromatic heterocycles. The lowest BCUT2D eigenvalue weighted by Gasteiger charge is -2.23. The molecular formula is C16H21N3O. The average Bonchev–Trinajstić information content (AvgIpc) is 2.45. The Labute approximate surface area is 120 Å². The Morgan fingerprint density at radius 3 is 2.70 bits per heavy atom. The molecule has 0 radical (unpaired) electrons. The zero-order chi connectivity index (χ0) is 14.5. The minimum Gasteiger partial charge on any atom is -0.267 e. The van der Waals surface area contributed by atoms with Gasteiger partial charge in [0.2, 0.25) is 0 Å². The molecule has 0 spiro atoms. The molecule has 2 rings (SSSR count). The van der Waals surface area contributed by atoms with Crippen LogP contribution in [0.25, 0.3) is 0 Å². The summed E-state index contributed by atoms with van der Waals surface area (Å²) in [5.74, 6) is 0.431. The number of nitrogens with zero attached hydrogens (tertiary/aromatic N) is 2. The molecule has 1 N–H and O–H groups in total. The highest BCUT2D eigenvalue weighted by atomic mass is 16.2. The molecule has 20 heavy (non-hydrogen) atoms. The van der Waals surface area contributed by atoms with Crippen LogP contribution in [0.5, 0.6) is 0 Å². The van der Waals surface area contributed by atoms with Gasteiger partial charge in [-0.2, -0.15) is 5.10 Å². The van der Waals surface area contributed by atoms with Gasteiger partial charge in [-0.25, -0.2) is 5.43 Å². The van der Waals surface area contributed by atoms with Gasteiger partial charge >= 0.3 is 0 Å². The van der Waals surface area contributed by atoms with Crippen LogP contribution in [0.4, 0.5) is 0 Å². The largest absolute Gasteiger partial charge is 0.271 e. The highest BCUT2D eigenvalue weighted by molar-refractivity contribution is 6.03. The van der Waals surface area contributed by atoms with Gasteiger partial charge in [0.25, 0.3) is 5.91 Å². The fourth-order valence-corrected chi connectivity index (χ4v) is 2.43. The minimum atomic E-state index is -0.189. The number of nitrogens with one attached hydrogen (secondary N) is 1. The van der Waals surface area contributed by atoms with Gasteiger partial charge in [0.15, 0.2) is 0 Å². The van der Waals surface area contributed by atoms with Crippen molar-refractivity contribution in [3.05, 3.63) is 41.2 Å². The lowest BCUT2D eigenvalue weighted by Crippen LogP contribution is -2.24. The monoisotopic (exact) mass is 271 g/mol. The van der Waals surface area contributed by atoms with Crippen molar-refractivity contribution in [2.24, 2.45) is 11.0 Å². The van der Waals surface area contributed by atoms with Crippen LogP contribution >= 0.6 is 0 Å². The van der Waals surface area contributed by atoms with Crippen molar-refractivity contribution in [2.45, 2.75) is 40.0 Å². The number of rotatable bonds is 2. The number of hydrogen-bond donors (Lipinski definition) is 1. The van der Waals surface area contributed by atoms with E-state index in [1.165, 1.54) is 17.6 Å². The van der Waals surface area contributed by atoms with Crippen molar-refractivity contribution in [3.63, 3.8) is 0 Å². The van der Waals surface area contributed by atoms with Crippen molar-refractivity contribution in [2.75, 3.05) is 0 Å². The van der Waals surface area contributed by atoms with Crippen molar-refractivity contribution < 1.29 is 4.79 Å². The molecule has 1 fully saturated rings. The number of amides is 1. The third kappa shape index (κ3) is 3.53. The number of carbonyl (C=O) groups excluding carboxylic acids is 1. The van der Waals surface area contributed by atoms with Crippen LogP contribution in [-0.4, -0.2) is 16.6 Å². The van der Waals surface area contributed by atoms with E-state index in [2.05, 4.69) is 36.3 Å². The Morgan fingerprint density at radius 1 is 1.35 bits per heavy atom. The summed E-state index contributed by atoms with van der Waals surface area (Å²) < 4.78 is 0. The minimum absolute atomic E-state index is 0.189. The van der Waals surface area contributed by atoms with Crippen molar-refractivity contribution >= 4 is 11.6 Å². The first-order valence-corrected chi connectivity index (χ1v) is 7.01. The Morgan fingerprint density at radius 2 is 2.05 bits per heavy atom. The van der Waals surface area contributed by atoms with E-state index in [0.717, 1.165) is 18.6 Å². The van der Waals surface area contributed by atoms with E-state index in [4.69, 9.17) is 0 Å². The van der Waals surface area contributed by atoms with Crippen LogP contribution in [-0.2, 0) is 0 Å². The highest BCUT2D eigenvalue weighted by Gasteiger charge is 2.20. The summed E-state index contributed by atoms with van der Waals surface area (Å²) in [6.45, 7) is 6.43. The molecule has 4 nitrogen and oxygen atoms in total. The van der Waals surface area contributed by atoms with Crippen LogP contribution < -0.4 is 5.43 Å². The van der Waals surface area contributed by atoms with Gasteiger partial charge in [-0.15, -0.1) is 0 Å². The summed E-state index contributed by atoms with van der Waals surface area (Å²) in [4.78, 5) is 15.9. The molecule has 0 aromatic carbocycles. The molecule has 1 aliphatic carbocycles. The molecule has 1 amide bonds. The number of hydrogen-bond acceptors (Lipinski definition) is 3. The van der Waals surface area contributed by atoms with Gasteiger partial charge in [-0.3, -0.25) is 9.78 Å². The van der Waals surface area contributed by atoms with Gasteiger partial charge in [0, 0.05) is 18.0 Å². The quantitative estimate of drug-likeness (QED) is 0.839. The molecular weight excluding hydrogens is 250 g/mol. The van der Waals surface area contributed by atoms with E-state index < -0.39 is 0 Å². The summed E-state index contributed by atoms with van der Waals surface area (Å²) in [7, 11) is 0. The Bertz CT molecular complexity index is 542. The number of hydrazone groups is 1. The number of pyridine rings is 1. The van der Waals surface area contributed by atoms with E-state index in [1.807, 2.05) is 0 Å². The third-order valence-electron chi connectivity index (χ3n) is 3.62. The lowest BCUT2D eigenvalue weighted by molar-refractivity contribution is 0.0954. The molecule has 1 aliphatic rings. The molecule has 1 heterocycles. The van der Waals surface area contributed by atoms with Crippen LogP contribution in [0.2, 0.25) is 0 Å². The predicted molar refractivity (Wildman–Crippen MR) is 80.5 cm³/mol. The standard InChI is InChI=1S/C16H21N3O/c1-11(2)14-5-4-12(3)10-15(14)18-19-16(20)13-6-8-17-9-7-13/h6-9,12H,4-5,10H2,1-3H3,(H,19,20)/b18-15+/t12-/m0/s1. The summed E-state index contributed by atoms with van der Waals surface area (Å²) in [5.41, 5.74) is 6.83. The zero-order valence-electron chi connectivity index (χ0n) is 12.3. The molecule has 1 saturated carbocycles. The van der Waals surface area contributed by atoms with Gasteiger partial charge in [0.05, 0.1) is 5.71 Å². The van der Waals surface area contributed by atoms with Crippen molar-refractivity contribution in [3.8, 4) is 0 Å². The maximum Gasteiger partial charge on any atom is 0.271 e. The molecule has 1 atom stereocenters. The van der Waals surface area contributed by atoms with Gasteiger partial charge in [0.1, 0.15) is 0 Å². The SMILES string of the molecule is CC(C)=C1CC[C@H](C)C/C1=N\NC(=O)c1ccncc1. The van der Waals surface area contributed by atoms with Crippen molar-refractivity contribution in [1.82, 2.24) is 10.4 Å².